The molecule has 0 bridgehead atoms. The van der Waals surface area contributed by atoms with Crippen LogP contribution in [0.3, 0.4) is 0 Å². The number of nitrogens with one attached hydrogen (secondary N) is 1. The minimum absolute atomic E-state index is 0.695. The average molecular weight is 398 g/mol. The maximum absolute atomic E-state index is 6.20. The van der Waals surface area contributed by atoms with Gasteiger partial charge in [-0.15, -0.1) is 0 Å². The number of anilines is 1. The molecule has 1 aliphatic rings. The van der Waals surface area contributed by atoms with E-state index in [0.29, 0.717) is 6.54 Å². The van der Waals surface area contributed by atoms with Gasteiger partial charge in [0.25, 0.3) is 0 Å². The molecule has 27 heavy (non-hydrogen) atoms. The third-order valence-electron chi connectivity index (χ3n) is 4.75. The number of hydrogen-bond donors (Lipinski definition) is 1. The molecule has 0 atom stereocenters. The average Bonchev–Trinajstić information content (AvgIpc) is 2.72. The Balaban J connectivity index is 1.39. The highest BCUT2D eigenvalue weighted by Crippen LogP contribution is 2.28. The fraction of sp³-hybridized carbons (Fsp3) is 0.250. The zero-order valence-corrected chi connectivity index (χ0v) is 16.4. The maximum Gasteiger partial charge on any atom is 0.169 e. The van der Waals surface area contributed by atoms with Gasteiger partial charge in [0.2, 0.25) is 0 Å². The summed E-state index contributed by atoms with van der Waals surface area (Å²) in [5.41, 5.74) is 3.27. The number of halogens is 1. The summed E-state index contributed by atoms with van der Waals surface area (Å²) in [5.74, 6) is 0. The van der Waals surface area contributed by atoms with Crippen LogP contribution in [0.5, 0.6) is 0 Å². The van der Waals surface area contributed by atoms with Crippen molar-refractivity contribution in [1.82, 2.24) is 20.2 Å². The molecule has 5 nitrogen and oxygen atoms in total. The van der Waals surface area contributed by atoms with E-state index in [0.717, 1.165) is 52.8 Å². The topological polar surface area (TPSA) is 44.3 Å². The smallest absolute Gasteiger partial charge is 0.169 e. The summed E-state index contributed by atoms with van der Waals surface area (Å²) in [7, 11) is 0. The minimum Gasteiger partial charge on any atom is -0.367 e. The highest BCUT2D eigenvalue weighted by Gasteiger charge is 2.20. The van der Waals surface area contributed by atoms with Crippen molar-refractivity contribution < 1.29 is 0 Å². The third kappa shape index (κ3) is 4.12. The summed E-state index contributed by atoms with van der Waals surface area (Å²) in [6.45, 7) is 4.26. The van der Waals surface area contributed by atoms with Gasteiger partial charge in [-0.2, -0.15) is 0 Å². The van der Waals surface area contributed by atoms with Crippen molar-refractivity contribution in [2.75, 3.05) is 31.1 Å². The van der Waals surface area contributed by atoms with E-state index in [4.69, 9.17) is 23.8 Å². The number of nitrogens with zero attached hydrogens (tertiary/aromatic N) is 4. The van der Waals surface area contributed by atoms with Crippen LogP contribution in [0.2, 0.25) is 5.02 Å². The molecule has 1 aliphatic heterocycles. The van der Waals surface area contributed by atoms with Gasteiger partial charge in [0.05, 0.1) is 5.52 Å². The van der Waals surface area contributed by atoms with Crippen molar-refractivity contribution in [1.29, 1.82) is 0 Å². The molecule has 0 amide bonds. The Morgan fingerprint density at radius 3 is 2.74 bits per heavy atom. The van der Waals surface area contributed by atoms with Gasteiger partial charge in [-0.3, -0.25) is 9.97 Å². The van der Waals surface area contributed by atoms with Crippen molar-refractivity contribution in [2.45, 2.75) is 6.54 Å². The predicted molar refractivity (Wildman–Crippen MR) is 114 cm³/mol. The molecule has 0 radical (unpaired) electrons. The molecule has 0 saturated carbocycles. The summed E-state index contributed by atoms with van der Waals surface area (Å²) in [5, 5.41) is 5.95. The second-order valence-corrected chi connectivity index (χ2v) is 7.31. The number of hydrogen-bond acceptors (Lipinski definition) is 4. The lowest BCUT2D eigenvalue weighted by Crippen LogP contribution is -2.51. The lowest BCUT2D eigenvalue weighted by Gasteiger charge is -2.37. The second kappa shape index (κ2) is 8.06. The van der Waals surface area contributed by atoms with Crippen LogP contribution in [0.15, 0.2) is 55.0 Å². The SMILES string of the molecule is S=C(NCc1cccnc1)N1CCN(c2ccnc3ccc(Cl)cc23)CC1. The summed E-state index contributed by atoms with van der Waals surface area (Å²) in [6, 6.07) is 11.9. The first-order valence-corrected chi connectivity index (χ1v) is 9.70. The highest BCUT2D eigenvalue weighted by atomic mass is 35.5. The molecule has 138 valence electrons. The number of thiocarbonyl (C=S) groups is 1. The van der Waals surface area contributed by atoms with Gasteiger partial charge < -0.3 is 15.1 Å². The van der Waals surface area contributed by atoms with E-state index in [1.807, 2.05) is 42.7 Å². The van der Waals surface area contributed by atoms with Crippen LogP contribution in [0.25, 0.3) is 10.9 Å². The lowest BCUT2D eigenvalue weighted by molar-refractivity contribution is 0.380. The quantitative estimate of drug-likeness (QED) is 0.682. The Morgan fingerprint density at radius 2 is 1.96 bits per heavy atom. The highest BCUT2D eigenvalue weighted by molar-refractivity contribution is 7.80. The largest absolute Gasteiger partial charge is 0.367 e. The fourth-order valence-corrected chi connectivity index (χ4v) is 3.75. The number of aromatic nitrogens is 2. The van der Waals surface area contributed by atoms with Gasteiger partial charge >= 0.3 is 0 Å². The van der Waals surface area contributed by atoms with Crippen molar-refractivity contribution in [2.24, 2.45) is 0 Å². The van der Waals surface area contributed by atoms with Crippen LogP contribution in [0.1, 0.15) is 5.56 Å². The molecule has 4 rings (SSSR count). The van der Waals surface area contributed by atoms with E-state index in [2.05, 4.69) is 31.2 Å². The van der Waals surface area contributed by atoms with Gasteiger partial charge in [0.1, 0.15) is 0 Å². The molecule has 2 aromatic heterocycles. The number of benzene rings is 1. The summed E-state index contributed by atoms with van der Waals surface area (Å²) in [6.07, 6.45) is 5.49. The Labute approximate surface area is 169 Å². The molecule has 7 heteroatoms. The minimum atomic E-state index is 0.695. The van der Waals surface area contributed by atoms with Crippen LogP contribution < -0.4 is 10.2 Å². The van der Waals surface area contributed by atoms with E-state index in [9.17, 15) is 0 Å². The van der Waals surface area contributed by atoms with Crippen LogP contribution in [0, 0.1) is 0 Å². The van der Waals surface area contributed by atoms with Gasteiger partial charge in [0, 0.05) is 67.4 Å². The zero-order chi connectivity index (χ0) is 18.6. The van der Waals surface area contributed by atoms with E-state index >= 15 is 0 Å². The number of rotatable bonds is 3. The van der Waals surface area contributed by atoms with E-state index in [-0.39, 0.29) is 0 Å². The first kappa shape index (κ1) is 17.9. The Kier molecular flexibility index (Phi) is 5.36. The van der Waals surface area contributed by atoms with Crippen LogP contribution >= 0.6 is 23.8 Å². The predicted octanol–water partition coefficient (Wildman–Crippen LogP) is 3.48. The molecular formula is C20H20ClN5S. The maximum atomic E-state index is 6.20. The van der Waals surface area contributed by atoms with Crippen molar-refractivity contribution in [3.63, 3.8) is 0 Å². The van der Waals surface area contributed by atoms with Crippen LogP contribution in [-0.4, -0.2) is 46.2 Å². The van der Waals surface area contributed by atoms with Crippen LogP contribution in [0.4, 0.5) is 5.69 Å². The second-order valence-electron chi connectivity index (χ2n) is 6.49. The monoisotopic (exact) mass is 397 g/mol. The number of piperazine rings is 1. The van der Waals surface area contributed by atoms with E-state index < -0.39 is 0 Å². The van der Waals surface area contributed by atoms with Crippen molar-refractivity contribution in [3.05, 3.63) is 65.6 Å². The third-order valence-corrected chi connectivity index (χ3v) is 5.39. The van der Waals surface area contributed by atoms with Crippen LogP contribution in [-0.2, 0) is 6.54 Å². The molecule has 1 fully saturated rings. The van der Waals surface area contributed by atoms with Crippen molar-refractivity contribution >= 4 is 45.5 Å². The Hall–Kier alpha value is -2.44. The number of fused-ring (bicyclic) bond motifs is 1. The van der Waals surface area contributed by atoms with Gasteiger partial charge in [-0.25, -0.2) is 0 Å². The summed E-state index contributed by atoms with van der Waals surface area (Å²) in [4.78, 5) is 13.2. The van der Waals surface area contributed by atoms with Gasteiger partial charge in [-0.1, -0.05) is 17.7 Å². The summed E-state index contributed by atoms with van der Waals surface area (Å²) < 4.78 is 0. The first-order valence-electron chi connectivity index (χ1n) is 8.91. The van der Waals surface area contributed by atoms with Gasteiger partial charge in [-0.05, 0) is 48.1 Å². The zero-order valence-electron chi connectivity index (χ0n) is 14.8. The Morgan fingerprint density at radius 1 is 1.11 bits per heavy atom. The van der Waals surface area contributed by atoms with E-state index in [1.54, 1.807) is 6.20 Å². The summed E-state index contributed by atoms with van der Waals surface area (Å²) >= 11 is 11.8. The standard InChI is InChI=1S/C20H20ClN5S/c21-16-3-4-18-17(12-16)19(5-7-23-18)25-8-10-26(11-9-25)20(27)24-14-15-2-1-6-22-13-15/h1-7,12-13H,8-11,14H2,(H,24,27). The molecule has 1 N–H and O–H groups in total. The van der Waals surface area contributed by atoms with Gasteiger partial charge in [0.15, 0.2) is 5.11 Å². The van der Waals surface area contributed by atoms with E-state index in [1.165, 1.54) is 5.69 Å². The molecule has 1 aromatic carbocycles. The molecule has 1 saturated heterocycles. The molecule has 0 spiro atoms. The first-order chi connectivity index (χ1) is 13.2. The molecule has 0 unspecified atom stereocenters. The molecular weight excluding hydrogens is 378 g/mol. The Bertz CT molecular complexity index is 942. The normalized spacial score (nSPS) is 14.4. The lowest BCUT2D eigenvalue weighted by atomic mass is 10.1. The van der Waals surface area contributed by atoms with Crippen molar-refractivity contribution in [3.8, 4) is 0 Å². The fourth-order valence-electron chi connectivity index (χ4n) is 3.32. The molecule has 3 heterocycles. The number of pyridine rings is 2. The molecule has 0 aliphatic carbocycles. The molecule has 3 aromatic rings.